The monoisotopic (exact) mass is 852 g/mol. The van der Waals surface area contributed by atoms with Crippen LogP contribution in [0, 0.1) is 0 Å². The molecule has 0 rings (SSSR count). The number of unbranched alkanes of at least 4 members (excludes halogenated alkanes) is 45. The minimum Gasteiger partial charge on any atom is -1.00 e. The minimum absolute atomic E-state index is 0. The average molecular weight is 853 g/mol. The second kappa shape index (κ2) is 52.6. The molecule has 0 aliphatic rings. The van der Waals surface area contributed by atoms with Crippen LogP contribution in [0.15, 0.2) is 0 Å². The fourth-order valence-corrected chi connectivity index (χ4v) is 10.0. The zero-order valence-electron chi connectivity index (χ0n) is 42.5. The summed E-state index contributed by atoms with van der Waals surface area (Å²) in [6, 6.07) is 0.782. The van der Waals surface area contributed by atoms with Gasteiger partial charge in [-0.1, -0.05) is 290 Å². The van der Waals surface area contributed by atoms with Gasteiger partial charge in [-0.3, -0.25) is 0 Å². The van der Waals surface area contributed by atoms with E-state index in [-0.39, 0.29) is 12.4 Å². The van der Waals surface area contributed by atoms with Crippen LogP contribution >= 0.6 is 0 Å². The maximum absolute atomic E-state index is 2.57. The highest BCUT2D eigenvalue weighted by Crippen LogP contribution is 2.23. The standard InChI is InChI=1S/C57H118N.ClH/c1-6-9-12-15-18-21-24-27-30-33-36-39-42-45-48-51-54-58(57(4)5,55-52-49-46-43-40-37-34-31-28-25-22-19-16-13-10-7-2)56-53-50-47-44-41-38-35-32-29-26-23-20-17-14-11-8-3;/h57H,6-56H2,1-5H3;1H/q+1;/p-1. The molecule has 0 bridgehead atoms. The third-order valence-corrected chi connectivity index (χ3v) is 14.5. The highest BCUT2D eigenvalue weighted by molar-refractivity contribution is 4.58. The fourth-order valence-electron chi connectivity index (χ4n) is 10.0. The molecule has 0 radical (unpaired) electrons. The van der Waals surface area contributed by atoms with Crippen molar-refractivity contribution in [3.05, 3.63) is 0 Å². The van der Waals surface area contributed by atoms with Gasteiger partial charge in [0.25, 0.3) is 0 Å². The van der Waals surface area contributed by atoms with E-state index in [1.165, 1.54) is 332 Å². The van der Waals surface area contributed by atoms with Crippen molar-refractivity contribution in [3.8, 4) is 0 Å². The number of halogens is 1. The molecule has 0 atom stereocenters. The molecule has 0 fully saturated rings. The van der Waals surface area contributed by atoms with Gasteiger partial charge < -0.3 is 16.9 Å². The van der Waals surface area contributed by atoms with Crippen LogP contribution in [0.25, 0.3) is 0 Å². The van der Waals surface area contributed by atoms with Gasteiger partial charge in [-0.05, 0) is 52.4 Å². The van der Waals surface area contributed by atoms with E-state index in [9.17, 15) is 0 Å². The summed E-state index contributed by atoms with van der Waals surface area (Å²) in [4.78, 5) is 0. The molecule has 0 aliphatic carbocycles. The summed E-state index contributed by atoms with van der Waals surface area (Å²) in [5, 5.41) is 0. The molecule has 1 nitrogen and oxygen atoms in total. The van der Waals surface area contributed by atoms with Crippen molar-refractivity contribution in [2.45, 2.75) is 349 Å². The van der Waals surface area contributed by atoms with Gasteiger partial charge in [0.2, 0.25) is 0 Å². The summed E-state index contributed by atoms with van der Waals surface area (Å²) >= 11 is 0. The van der Waals surface area contributed by atoms with Gasteiger partial charge in [0.05, 0.1) is 25.7 Å². The van der Waals surface area contributed by atoms with Crippen LogP contribution in [0.2, 0.25) is 0 Å². The second-order valence-corrected chi connectivity index (χ2v) is 20.4. The molecule has 2 heteroatoms. The topological polar surface area (TPSA) is 0 Å². The Morgan fingerprint density at radius 3 is 0.441 bits per heavy atom. The van der Waals surface area contributed by atoms with Crippen LogP contribution in [-0.4, -0.2) is 30.2 Å². The van der Waals surface area contributed by atoms with Crippen LogP contribution < -0.4 is 12.4 Å². The van der Waals surface area contributed by atoms with Crippen molar-refractivity contribution in [2.24, 2.45) is 0 Å². The Labute approximate surface area is 383 Å². The average Bonchev–Trinajstić information content (AvgIpc) is 3.22. The number of quaternary nitrogens is 1. The summed E-state index contributed by atoms with van der Waals surface area (Å²) in [7, 11) is 0. The van der Waals surface area contributed by atoms with Crippen molar-refractivity contribution >= 4 is 0 Å². The molecule has 0 aromatic heterocycles. The Balaban J connectivity index is 0. The lowest BCUT2D eigenvalue weighted by atomic mass is 10.0. The highest BCUT2D eigenvalue weighted by atomic mass is 35.5. The predicted octanol–water partition coefficient (Wildman–Crippen LogP) is 18.0. The van der Waals surface area contributed by atoms with Crippen molar-refractivity contribution < 1.29 is 16.9 Å². The molecule has 0 aliphatic heterocycles. The lowest BCUT2D eigenvalue weighted by molar-refractivity contribution is -0.948. The van der Waals surface area contributed by atoms with Gasteiger partial charge in [-0.2, -0.15) is 0 Å². The molecular weight excluding hydrogens is 734 g/mol. The largest absolute Gasteiger partial charge is 1.00 e. The van der Waals surface area contributed by atoms with Crippen LogP contribution in [0.1, 0.15) is 343 Å². The number of hydrogen-bond donors (Lipinski definition) is 0. The summed E-state index contributed by atoms with van der Waals surface area (Å²) in [6.45, 7) is 16.5. The predicted molar refractivity (Wildman–Crippen MR) is 269 cm³/mol. The van der Waals surface area contributed by atoms with Crippen LogP contribution in [0.5, 0.6) is 0 Å². The molecule has 0 heterocycles. The molecule has 59 heavy (non-hydrogen) atoms. The number of rotatable bonds is 52. The van der Waals surface area contributed by atoms with Gasteiger partial charge in [-0.25, -0.2) is 0 Å². The summed E-state index contributed by atoms with van der Waals surface area (Å²) in [5.74, 6) is 0. The van der Waals surface area contributed by atoms with Crippen molar-refractivity contribution in [3.63, 3.8) is 0 Å². The first kappa shape index (κ1) is 61.3. The lowest BCUT2D eigenvalue weighted by Gasteiger charge is -2.43. The van der Waals surface area contributed by atoms with E-state index in [1.54, 1.807) is 0 Å². The van der Waals surface area contributed by atoms with E-state index < -0.39 is 0 Å². The Hall–Kier alpha value is 0.250. The first-order chi connectivity index (χ1) is 28.6. The minimum atomic E-state index is 0. The third kappa shape index (κ3) is 46.1. The maximum atomic E-state index is 2.57. The first-order valence-electron chi connectivity index (χ1n) is 28.5. The van der Waals surface area contributed by atoms with E-state index in [0.717, 1.165) is 6.04 Å². The third-order valence-electron chi connectivity index (χ3n) is 14.5. The first-order valence-corrected chi connectivity index (χ1v) is 28.5. The fraction of sp³-hybridized carbons (Fsp3) is 1.00. The Bertz CT molecular complexity index is 631. The molecule has 0 N–H and O–H groups in total. The van der Waals surface area contributed by atoms with Gasteiger partial charge >= 0.3 is 0 Å². The van der Waals surface area contributed by atoms with Gasteiger partial charge in [0.1, 0.15) is 0 Å². The Morgan fingerprint density at radius 1 is 0.203 bits per heavy atom. The van der Waals surface area contributed by atoms with E-state index in [2.05, 4.69) is 34.6 Å². The highest BCUT2D eigenvalue weighted by Gasteiger charge is 2.29. The molecule has 0 aromatic carbocycles. The molecule has 0 unspecified atom stereocenters. The lowest BCUT2D eigenvalue weighted by Crippen LogP contribution is -3.00. The Kier molecular flexibility index (Phi) is 54.7. The van der Waals surface area contributed by atoms with Crippen LogP contribution in [0.4, 0.5) is 0 Å². The van der Waals surface area contributed by atoms with Crippen LogP contribution in [-0.2, 0) is 0 Å². The van der Waals surface area contributed by atoms with E-state index in [1.807, 2.05) is 0 Å². The Morgan fingerprint density at radius 2 is 0.322 bits per heavy atom. The zero-order valence-corrected chi connectivity index (χ0v) is 43.2. The molecule has 0 saturated heterocycles. The number of hydrogen-bond acceptors (Lipinski definition) is 0. The smallest absolute Gasteiger partial charge is 0.0833 e. The summed E-state index contributed by atoms with van der Waals surface area (Å²) in [6.07, 6.45) is 70.7. The van der Waals surface area contributed by atoms with Gasteiger partial charge in [-0.15, -0.1) is 0 Å². The molecule has 0 amide bonds. The second-order valence-electron chi connectivity index (χ2n) is 20.4. The van der Waals surface area contributed by atoms with E-state index >= 15 is 0 Å². The van der Waals surface area contributed by atoms with Crippen molar-refractivity contribution in [1.29, 1.82) is 0 Å². The number of nitrogens with zero attached hydrogens (tertiary/aromatic N) is 1. The van der Waals surface area contributed by atoms with Crippen LogP contribution in [0.3, 0.4) is 0 Å². The van der Waals surface area contributed by atoms with E-state index in [0.29, 0.717) is 0 Å². The zero-order chi connectivity index (χ0) is 42.1. The SMILES string of the molecule is CCCCCCCCCCCCCCCCCC[N+](CCCCCCCCCCCCCCCCCC)(CCCCCCCCCCCCCCCCCC)C(C)C.[Cl-]. The molecule has 0 spiro atoms. The van der Waals surface area contributed by atoms with E-state index in [4.69, 9.17) is 0 Å². The molecule has 0 aromatic rings. The molecule has 0 saturated carbocycles. The maximum Gasteiger partial charge on any atom is 0.0833 e. The normalized spacial score (nSPS) is 11.9. The molecule has 358 valence electrons. The van der Waals surface area contributed by atoms with Crippen molar-refractivity contribution in [2.75, 3.05) is 19.6 Å². The quantitative estimate of drug-likeness (QED) is 0.0422. The van der Waals surface area contributed by atoms with Gasteiger partial charge in [0, 0.05) is 0 Å². The molecular formula is C57H118ClN. The summed E-state index contributed by atoms with van der Waals surface area (Å²) in [5.41, 5.74) is 0. The summed E-state index contributed by atoms with van der Waals surface area (Å²) < 4.78 is 1.43. The van der Waals surface area contributed by atoms with Gasteiger partial charge in [0.15, 0.2) is 0 Å². The van der Waals surface area contributed by atoms with Crippen molar-refractivity contribution in [1.82, 2.24) is 0 Å².